The van der Waals surface area contributed by atoms with Gasteiger partial charge in [-0.15, -0.1) is 0 Å². The van der Waals surface area contributed by atoms with Crippen molar-refractivity contribution >= 4 is 45.5 Å². The van der Waals surface area contributed by atoms with Crippen LogP contribution in [0, 0.1) is 0 Å². The molecular weight excluding hydrogens is 305 g/mol. The van der Waals surface area contributed by atoms with Crippen LogP contribution in [0.3, 0.4) is 0 Å². The fourth-order valence-corrected chi connectivity index (χ4v) is 1.24. The average molecular weight is 317 g/mol. The second-order valence-corrected chi connectivity index (χ2v) is 3.86. The van der Waals surface area contributed by atoms with Gasteiger partial charge in [0, 0.05) is 0 Å². The van der Waals surface area contributed by atoms with Crippen LogP contribution in [0.4, 0.5) is 0 Å². The normalized spacial score (nSPS) is 7.71. The van der Waals surface area contributed by atoms with Crippen molar-refractivity contribution in [2.45, 2.75) is 10.9 Å². The fraction of sp³-hybridized carbons (Fsp3) is 1.00. The molecule has 0 bridgehead atoms. The molecule has 0 fully saturated rings. The predicted molar refractivity (Wildman–Crippen MR) is 34.7 cm³/mol. The summed E-state index contributed by atoms with van der Waals surface area (Å²) in [5.74, 6) is 0. The Morgan fingerprint density at radius 2 is 2.14 bits per heavy atom. The molecule has 0 aliphatic heterocycles. The zero-order valence-corrected chi connectivity index (χ0v) is 11.6. The maximum absolute atomic E-state index is 4.97. The van der Waals surface area contributed by atoms with Gasteiger partial charge in [0.1, 0.15) is 0 Å². The number of hydrogen-bond acceptors (Lipinski definition) is 1. The van der Waals surface area contributed by atoms with Crippen molar-refractivity contribution in [2.75, 3.05) is 6.61 Å². The van der Waals surface area contributed by atoms with Crippen molar-refractivity contribution in [3.05, 3.63) is 0 Å². The predicted octanol–water partition coefficient (Wildman–Crippen LogP) is -1.56. The summed E-state index contributed by atoms with van der Waals surface area (Å²) in [6.45, 7) is 1.02. The first-order valence-corrected chi connectivity index (χ1v) is 5.96. The van der Waals surface area contributed by atoms with Crippen molar-refractivity contribution in [1.29, 1.82) is 0 Å². The van der Waals surface area contributed by atoms with E-state index < -0.39 is 0 Å². The Bertz CT molecular complexity index is 22.9. The molecule has 0 rings (SSSR count). The Kier molecular flexibility index (Phi) is 17.0. The van der Waals surface area contributed by atoms with Crippen molar-refractivity contribution in [3.8, 4) is 0 Å². The standard InChI is InChI=1S/C3H6O.H2O.2Sn.3H/c1-2-3-4;;;;;;/h1-3H2;1H2;;;;;/q-1;;;+1;;;. The number of rotatable bonds is 3. The second-order valence-electron chi connectivity index (χ2n) is 1.05. The summed E-state index contributed by atoms with van der Waals surface area (Å²) in [4.78, 5) is 0. The number of hydrogen-bond donors (Lipinski definition) is 0. The van der Waals surface area contributed by atoms with Gasteiger partial charge in [0.15, 0.2) is 0 Å². The Balaban J connectivity index is 0. The molecule has 0 aliphatic rings. The molecule has 0 aromatic heterocycles. The second kappa shape index (κ2) is 10.5. The third kappa shape index (κ3) is 11.2. The Labute approximate surface area is 71.0 Å². The van der Waals surface area contributed by atoms with Crippen molar-refractivity contribution in [3.63, 3.8) is 0 Å². The molecule has 2 N–H and O–H groups in total. The third-order valence-electron chi connectivity index (χ3n) is 0.493. The van der Waals surface area contributed by atoms with Gasteiger partial charge in [0.05, 0.1) is 0 Å². The minimum absolute atomic E-state index is 0. The SMILES string of the molecule is O.[SnH][CH2]CC[O][SnH2]. The van der Waals surface area contributed by atoms with E-state index in [1.165, 1.54) is 33.4 Å². The van der Waals surface area contributed by atoms with Crippen LogP contribution in [0.2, 0.25) is 4.44 Å². The molecule has 0 saturated heterocycles. The summed E-state index contributed by atoms with van der Waals surface area (Å²) in [6.07, 6.45) is 1.29. The van der Waals surface area contributed by atoms with Gasteiger partial charge >= 0.3 is 66.0 Å². The van der Waals surface area contributed by atoms with E-state index in [1.807, 2.05) is 0 Å². The summed E-state index contributed by atoms with van der Waals surface area (Å²) >= 11 is 2.13. The molecule has 0 saturated carbocycles. The molecule has 4 heteroatoms. The summed E-state index contributed by atoms with van der Waals surface area (Å²) < 4.78 is 6.36. The zero-order valence-electron chi connectivity index (χ0n) is 4.31. The zero-order chi connectivity index (χ0) is 4.83. The molecule has 0 aliphatic carbocycles. The molecule has 2 nitrogen and oxygen atoms in total. The van der Waals surface area contributed by atoms with Crippen molar-refractivity contribution in [2.24, 2.45) is 0 Å². The van der Waals surface area contributed by atoms with Gasteiger partial charge in [-0.05, 0) is 0 Å². The van der Waals surface area contributed by atoms with Crippen LogP contribution in [0.25, 0.3) is 0 Å². The van der Waals surface area contributed by atoms with E-state index in [2.05, 4.69) is 0 Å². The van der Waals surface area contributed by atoms with E-state index in [1.54, 1.807) is 0 Å². The van der Waals surface area contributed by atoms with Crippen LogP contribution >= 0.6 is 0 Å². The van der Waals surface area contributed by atoms with E-state index in [-0.39, 0.29) is 5.48 Å². The van der Waals surface area contributed by atoms with Crippen LogP contribution in [0.15, 0.2) is 0 Å². The molecular formula is C3H11O2Sn2. The van der Waals surface area contributed by atoms with Gasteiger partial charge < -0.3 is 5.48 Å². The molecule has 0 atom stereocenters. The van der Waals surface area contributed by atoms with E-state index >= 15 is 0 Å². The van der Waals surface area contributed by atoms with Gasteiger partial charge in [-0.2, -0.15) is 0 Å². The minimum atomic E-state index is 0. The van der Waals surface area contributed by atoms with Gasteiger partial charge in [0.25, 0.3) is 0 Å². The summed E-state index contributed by atoms with van der Waals surface area (Å²) in [7, 11) is 0. The quantitative estimate of drug-likeness (QED) is 0.458. The topological polar surface area (TPSA) is 40.7 Å². The van der Waals surface area contributed by atoms with Crippen molar-refractivity contribution < 1.29 is 8.55 Å². The van der Waals surface area contributed by atoms with Crippen LogP contribution < -0.4 is 0 Å². The molecule has 0 aromatic carbocycles. The van der Waals surface area contributed by atoms with Gasteiger partial charge in [-0.3, -0.25) is 0 Å². The van der Waals surface area contributed by atoms with Crippen LogP contribution in [0.1, 0.15) is 6.42 Å². The first-order chi connectivity index (χ1) is 2.91. The third-order valence-corrected chi connectivity index (χ3v) is 2.48. The van der Waals surface area contributed by atoms with Crippen molar-refractivity contribution in [1.82, 2.24) is 0 Å². The monoisotopic (exact) mass is 319 g/mol. The molecule has 0 spiro atoms. The molecule has 0 unspecified atom stereocenters. The first-order valence-electron chi connectivity index (χ1n) is 1.99. The first kappa shape index (κ1) is 11.3. The molecule has 7 heavy (non-hydrogen) atoms. The molecule has 3 radical (unpaired) electrons. The maximum atomic E-state index is 4.97. The van der Waals surface area contributed by atoms with Gasteiger partial charge in [-0.25, -0.2) is 0 Å². The van der Waals surface area contributed by atoms with Crippen LogP contribution in [-0.4, -0.2) is 57.5 Å². The van der Waals surface area contributed by atoms with Gasteiger partial charge in [-0.1, -0.05) is 0 Å². The average Bonchev–Trinajstić information content (AvgIpc) is 1.61. The van der Waals surface area contributed by atoms with E-state index in [0.717, 1.165) is 29.5 Å². The molecule has 0 heterocycles. The van der Waals surface area contributed by atoms with E-state index in [4.69, 9.17) is 3.07 Å². The Morgan fingerprint density at radius 1 is 1.57 bits per heavy atom. The van der Waals surface area contributed by atoms with Crippen LogP contribution in [0.5, 0.6) is 0 Å². The summed E-state index contributed by atoms with van der Waals surface area (Å²) in [6, 6.07) is 0. The molecule has 43 valence electrons. The Morgan fingerprint density at radius 3 is 2.29 bits per heavy atom. The molecule has 0 aromatic rings. The van der Waals surface area contributed by atoms with E-state index in [0.29, 0.717) is 0 Å². The molecule has 0 amide bonds. The fourth-order valence-electron chi connectivity index (χ4n) is 0.185. The van der Waals surface area contributed by atoms with Gasteiger partial charge in [0.2, 0.25) is 0 Å². The Hall–Kier alpha value is 1.52. The van der Waals surface area contributed by atoms with Crippen LogP contribution in [-0.2, 0) is 3.07 Å². The summed E-state index contributed by atoms with van der Waals surface area (Å²) in [5, 5.41) is 0. The van der Waals surface area contributed by atoms with E-state index in [9.17, 15) is 0 Å². The summed E-state index contributed by atoms with van der Waals surface area (Å²) in [5.41, 5.74) is 0.